The number of aromatic nitrogens is 5. The number of carbonyl (C=O) groups excluding carboxylic acids is 1. The molecule has 0 aromatic carbocycles. The summed E-state index contributed by atoms with van der Waals surface area (Å²) in [6.45, 7) is 1.72. The minimum absolute atomic E-state index is 0.0388. The number of anilines is 2. The number of rotatable bonds is 5. The maximum atomic E-state index is 14.9. The number of fused-ring (bicyclic) bond motifs is 1. The second-order valence-electron chi connectivity index (χ2n) is 8.28. The van der Waals surface area contributed by atoms with Crippen molar-refractivity contribution in [3.63, 3.8) is 0 Å². The number of aromatic amines is 1. The van der Waals surface area contributed by atoms with Gasteiger partial charge in [-0.2, -0.15) is 18.3 Å². The summed E-state index contributed by atoms with van der Waals surface area (Å²) in [4.78, 5) is 19.4. The van der Waals surface area contributed by atoms with Crippen molar-refractivity contribution in [3.8, 4) is 0 Å². The van der Waals surface area contributed by atoms with Gasteiger partial charge in [0, 0.05) is 30.1 Å². The summed E-state index contributed by atoms with van der Waals surface area (Å²) in [5, 5.41) is 11.9. The van der Waals surface area contributed by atoms with Crippen LogP contribution in [0.3, 0.4) is 0 Å². The van der Waals surface area contributed by atoms with Crippen molar-refractivity contribution in [3.05, 3.63) is 35.9 Å². The molecule has 0 radical (unpaired) electrons. The highest BCUT2D eigenvalue weighted by Crippen LogP contribution is 2.36. The minimum Gasteiger partial charge on any atom is -0.441 e. The summed E-state index contributed by atoms with van der Waals surface area (Å²) in [7, 11) is 0. The molecule has 1 aliphatic carbocycles. The lowest BCUT2D eigenvalue weighted by molar-refractivity contribution is -0.141. The van der Waals surface area contributed by atoms with Crippen LogP contribution in [-0.2, 0) is 15.7 Å². The smallest absolute Gasteiger partial charge is 0.433 e. The topological polar surface area (TPSA) is 118 Å². The molecule has 1 saturated heterocycles. The number of carbonyl (C=O) groups is 1. The maximum absolute atomic E-state index is 14.9. The minimum atomic E-state index is -4.67. The Morgan fingerprint density at radius 1 is 1.36 bits per heavy atom. The number of hydrogen-bond donors (Lipinski definition) is 3. The van der Waals surface area contributed by atoms with Gasteiger partial charge in [0.15, 0.2) is 23.8 Å². The normalized spacial score (nSPS) is 24.1. The first kappa shape index (κ1) is 21.4. The van der Waals surface area contributed by atoms with Gasteiger partial charge in [-0.15, -0.1) is 0 Å². The molecule has 2 fully saturated rings. The van der Waals surface area contributed by atoms with Gasteiger partial charge >= 0.3 is 12.3 Å². The number of hydrogen-bond acceptors (Lipinski definition) is 7. The number of H-pyrrole nitrogens is 1. The summed E-state index contributed by atoms with van der Waals surface area (Å²) in [6, 6.07) is 2.21. The third kappa shape index (κ3) is 4.29. The number of amides is 1. The molecule has 176 valence electrons. The first-order valence-corrected chi connectivity index (χ1v) is 10.1. The average molecular weight is 469 g/mol. The van der Waals surface area contributed by atoms with E-state index >= 15 is 0 Å². The highest BCUT2D eigenvalue weighted by molar-refractivity contribution is 5.69. The van der Waals surface area contributed by atoms with Crippen LogP contribution in [0.25, 0.3) is 5.65 Å². The maximum Gasteiger partial charge on any atom is 0.433 e. The highest BCUT2D eigenvalue weighted by Gasteiger charge is 2.44. The van der Waals surface area contributed by atoms with E-state index in [9.17, 15) is 22.4 Å². The summed E-state index contributed by atoms with van der Waals surface area (Å²) >= 11 is 0. The van der Waals surface area contributed by atoms with Gasteiger partial charge < -0.3 is 20.1 Å². The monoisotopic (exact) mass is 469 g/mol. The zero-order chi connectivity index (χ0) is 23.4. The van der Waals surface area contributed by atoms with E-state index in [1.165, 1.54) is 22.9 Å². The summed E-state index contributed by atoms with van der Waals surface area (Å²) in [5.41, 5.74) is -1.17. The van der Waals surface area contributed by atoms with Crippen LogP contribution >= 0.6 is 0 Å². The summed E-state index contributed by atoms with van der Waals surface area (Å²) in [6.07, 6.45) is -4.80. The second kappa shape index (κ2) is 7.57. The van der Waals surface area contributed by atoms with Gasteiger partial charge in [-0.25, -0.2) is 19.2 Å². The van der Waals surface area contributed by atoms with E-state index in [2.05, 4.69) is 30.8 Å². The van der Waals surface area contributed by atoms with Crippen molar-refractivity contribution < 1.29 is 31.8 Å². The number of alkyl halides is 4. The van der Waals surface area contributed by atoms with Crippen LogP contribution in [0.5, 0.6) is 0 Å². The molecule has 3 aromatic heterocycles. The van der Waals surface area contributed by atoms with E-state index in [0.29, 0.717) is 0 Å². The van der Waals surface area contributed by atoms with Gasteiger partial charge in [-0.1, -0.05) is 0 Å². The van der Waals surface area contributed by atoms with Crippen molar-refractivity contribution >= 4 is 23.5 Å². The lowest BCUT2D eigenvalue weighted by Gasteiger charge is -2.17. The van der Waals surface area contributed by atoms with Crippen molar-refractivity contribution in [2.24, 2.45) is 0 Å². The molecular weight excluding hydrogens is 450 g/mol. The van der Waals surface area contributed by atoms with E-state index in [-0.39, 0.29) is 35.3 Å². The summed E-state index contributed by atoms with van der Waals surface area (Å²) in [5.74, 6) is -0.0858. The number of nitrogens with one attached hydrogen (secondary N) is 3. The standard InChI is InChI=1S/C19H19F4N7O3/c1-18(2-3-18)27-17(31)33-10-8-32-15(14(10)20)9-6-12(29-28-9)26-16-25-11(19(21,22)23)7-13-24-4-5-30(13)16/h4-7,10,14-15H,2-3,8H2,1H3,(H,27,31)(H2,25,26,28,29)/t10-,14+,15-/m1/s1. The fraction of sp³-hybridized carbons (Fsp3) is 0.474. The predicted octanol–water partition coefficient (Wildman–Crippen LogP) is 3.27. The van der Waals surface area contributed by atoms with Gasteiger partial charge in [-0.3, -0.25) is 9.50 Å². The summed E-state index contributed by atoms with van der Waals surface area (Å²) < 4.78 is 66.3. The van der Waals surface area contributed by atoms with Crippen LogP contribution in [0, 0.1) is 0 Å². The predicted molar refractivity (Wildman–Crippen MR) is 104 cm³/mol. The van der Waals surface area contributed by atoms with Crippen molar-refractivity contribution in [1.82, 2.24) is 29.9 Å². The zero-order valence-corrected chi connectivity index (χ0v) is 17.2. The van der Waals surface area contributed by atoms with Gasteiger partial charge in [-0.05, 0) is 19.8 Å². The Bertz CT molecular complexity index is 1190. The molecule has 10 nitrogen and oxygen atoms in total. The molecule has 3 aromatic rings. The Balaban J connectivity index is 1.29. The second-order valence-corrected chi connectivity index (χ2v) is 8.28. The van der Waals surface area contributed by atoms with Crippen molar-refractivity contribution in [1.29, 1.82) is 0 Å². The molecule has 2 aliphatic rings. The van der Waals surface area contributed by atoms with Gasteiger partial charge in [0.05, 0.1) is 12.3 Å². The quantitative estimate of drug-likeness (QED) is 0.491. The van der Waals surface area contributed by atoms with Crippen LogP contribution in [-0.4, -0.2) is 55.1 Å². The van der Waals surface area contributed by atoms with E-state index < -0.39 is 36.3 Å². The van der Waals surface area contributed by atoms with Crippen LogP contribution in [0.1, 0.15) is 37.3 Å². The van der Waals surface area contributed by atoms with E-state index in [0.717, 1.165) is 18.9 Å². The van der Waals surface area contributed by atoms with E-state index in [1.807, 2.05) is 6.92 Å². The molecule has 5 rings (SSSR count). The van der Waals surface area contributed by atoms with Gasteiger partial charge in [0.1, 0.15) is 11.8 Å². The third-order valence-electron chi connectivity index (χ3n) is 5.57. The molecule has 4 heterocycles. The Kier molecular flexibility index (Phi) is 4.92. The number of nitrogens with zero attached hydrogens (tertiary/aromatic N) is 4. The molecule has 14 heteroatoms. The Labute approximate surface area is 183 Å². The lowest BCUT2D eigenvalue weighted by atomic mass is 10.1. The molecule has 1 aliphatic heterocycles. The Morgan fingerprint density at radius 2 is 2.15 bits per heavy atom. The third-order valence-corrected chi connectivity index (χ3v) is 5.57. The van der Waals surface area contributed by atoms with Crippen LogP contribution < -0.4 is 10.6 Å². The lowest BCUT2D eigenvalue weighted by Crippen LogP contribution is -2.39. The fourth-order valence-corrected chi connectivity index (χ4v) is 3.48. The molecule has 0 bridgehead atoms. The Hall–Kier alpha value is -3.42. The molecule has 1 saturated carbocycles. The van der Waals surface area contributed by atoms with Crippen molar-refractivity contribution in [2.45, 2.75) is 49.9 Å². The Morgan fingerprint density at radius 3 is 2.88 bits per heavy atom. The van der Waals surface area contributed by atoms with Crippen molar-refractivity contribution in [2.75, 3.05) is 11.9 Å². The molecule has 33 heavy (non-hydrogen) atoms. The van der Waals surface area contributed by atoms with Crippen LogP contribution in [0.2, 0.25) is 0 Å². The largest absolute Gasteiger partial charge is 0.441 e. The highest BCUT2D eigenvalue weighted by atomic mass is 19.4. The fourth-order valence-electron chi connectivity index (χ4n) is 3.48. The molecular formula is C19H19F4N7O3. The van der Waals surface area contributed by atoms with Crippen LogP contribution in [0.4, 0.5) is 34.1 Å². The number of alkyl carbamates (subject to hydrolysis) is 1. The first-order chi connectivity index (χ1) is 15.6. The van der Waals surface area contributed by atoms with E-state index in [1.54, 1.807) is 0 Å². The number of imidazole rings is 1. The molecule has 3 atom stereocenters. The number of halogens is 4. The first-order valence-electron chi connectivity index (χ1n) is 10.1. The zero-order valence-electron chi connectivity index (χ0n) is 17.2. The number of ether oxygens (including phenoxy) is 2. The molecule has 1 amide bonds. The van der Waals surface area contributed by atoms with Gasteiger partial charge in [0.25, 0.3) is 0 Å². The molecule has 0 unspecified atom stereocenters. The van der Waals surface area contributed by atoms with Crippen LogP contribution in [0.15, 0.2) is 24.5 Å². The van der Waals surface area contributed by atoms with Gasteiger partial charge in [0.2, 0.25) is 5.95 Å². The SMILES string of the molecule is CC1(NC(=O)O[C@@H]2CO[C@H](c3cc(Nc4nc(C(F)(F)F)cc5nccn45)n[nH]3)[C@H]2F)CC1. The molecule has 3 N–H and O–H groups in total. The molecule has 0 spiro atoms. The van der Waals surface area contributed by atoms with E-state index in [4.69, 9.17) is 9.47 Å². The average Bonchev–Trinajstić information content (AvgIpc) is 3.13.